The number of nitrogens with two attached hydrogens (primary N) is 2. The molecular formula is C20H25N3O7S. The van der Waals surface area contributed by atoms with Crippen molar-refractivity contribution >= 4 is 27.6 Å². The molecule has 0 amide bonds. The van der Waals surface area contributed by atoms with Gasteiger partial charge >= 0.3 is 11.9 Å². The fourth-order valence-electron chi connectivity index (χ4n) is 2.49. The Morgan fingerprint density at radius 2 is 1.87 bits per heavy atom. The van der Waals surface area contributed by atoms with E-state index in [2.05, 4.69) is 5.32 Å². The molecule has 31 heavy (non-hydrogen) atoms. The lowest BCUT2D eigenvalue weighted by atomic mass is 10.1. The van der Waals surface area contributed by atoms with Crippen LogP contribution in [-0.4, -0.2) is 44.7 Å². The van der Waals surface area contributed by atoms with Crippen LogP contribution in [0, 0.1) is 0 Å². The highest BCUT2D eigenvalue weighted by Gasteiger charge is 2.25. The Morgan fingerprint density at radius 1 is 1.19 bits per heavy atom. The van der Waals surface area contributed by atoms with E-state index in [4.69, 9.17) is 25.5 Å². The molecule has 0 aromatic heterocycles. The molecule has 0 bridgehead atoms. The van der Waals surface area contributed by atoms with Gasteiger partial charge in [-0.2, -0.15) is 0 Å². The molecule has 10 nitrogen and oxygen atoms in total. The molecule has 11 heteroatoms. The maximum Gasteiger partial charge on any atom is 0.338 e. The van der Waals surface area contributed by atoms with Gasteiger partial charge in [-0.3, -0.25) is 4.79 Å². The first kappa shape index (κ1) is 24.1. The summed E-state index contributed by atoms with van der Waals surface area (Å²) in [5.41, 5.74) is 5.41. The summed E-state index contributed by atoms with van der Waals surface area (Å²) in [4.78, 5) is 22.8. The summed E-state index contributed by atoms with van der Waals surface area (Å²) < 4.78 is 35.3. The largest absolute Gasteiger partial charge is 0.480 e. The summed E-state index contributed by atoms with van der Waals surface area (Å²) in [6, 6.07) is 9.45. The number of carbonyl (C=O) groups excluding carboxylic acids is 1. The van der Waals surface area contributed by atoms with Crippen LogP contribution in [0.25, 0.3) is 0 Å². The molecule has 0 aliphatic heterocycles. The number of aliphatic carboxylic acids is 1. The number of hydrogen-bond donors (Lipinski definition) is 4. The van der Waals surface area contributed by atoms with Gasteiger partial charge in [-0.25, -0.2) is 18.4 Å². The van der Waals surface area contributed by atoms with Gasteiger partial charge in [0.2, 0.25) is 10.0 Å². The second-order valence-corrected chi connectivity index (χ2v) is 8.16. The molecule has 0 saturated carbocycles. The highest BCUT2D eigenvalue weighted by molar-refractivity contribution is 7.89. The molecule has 0 saturated heterocycles. The average Bonchev–Trinajstić information content (AvgIpc) is 2.72. The number of unbranched alkanes of at least 4 members (excludes halogenated alkanes) is 1. The molecule has 0 unspecified atom stereocenters. The van der Waals surface area contributed by atoms with Crippen molar-refractivity contribution in [2.45, 2.75) is 30.7 Å². The number of carboxylic acid groups (broad SMARTS) is 1. The van der Waals surface area contributed by atoms with Gasteiger partial charge in [0.25, 0.3) is 0 Å². The first-order valence-electron chi connectivity index (χ1n) is 9.46. The Hall–Kier alpha value is -3.15. The maximum absolute atomic E-state index is 12.4. The molecule has 2 aromatic carbocycles. The minimum absolute atomic E-state index is 0.0661. The number of nitrogens with one attached hydrogen (secondary N) is 1. The number of hydrogen-bond acceptors (Lipinski definition) is 8. The van der Waals surface area contributed by atoms with E-state index in [-0.39, 0.29) is 17.0 Å². The van der Waals surface area contributed by atoms with Crippen LogP contribution in [0.2, 0.25) is 0 Å². The van der Waals surface area contributed by atoms with Crippen molar-refractivity contribution in [2.24, 2.45) is 10.9 Å². The zero-order valence-electron chi connectivity index (χ0n) is 16.9. The van der Waals surface area contributed by atoms with Gasteiger partial charge in [-0.15, -0.1) is 0 Å². The third-order valence-corrected chi connectivity index (χ3v) is 5.03. The number of rotatable bonds is 11. The van der Waals surface area contributed by atoms with E-state index in [0.717, 1.165) is 18.9 Å². The zero-order chi connectivity index (χ0) is 23.0. The van der Waals surface area contributed by atoms with Gasteiger partial charge in [-0.1, -0.05) is 31.5 Å². The molecule has 6 N–H and O–H groups in total. The molecule has 1 atom stereocenters. The van der Waals surface area contributed by atoms with Crippen molar-refractivity contribution in [3.8, 4) is 11.5 Å². The highest BCUT2D eigenvalue weighted by atomic mass is 32.2. The molecule has 0 heterocycles. The molecule has 2 rings (SSSR count). The van der Waals surface area contributed by atoms with E-state index in [1.165, 1.54) is 6.07 Å². The number of benzene rings is 2. The van der Waals surface area contributed by atoms with Crippen molar-refractivity contribution in [3.63, 3.8) is 0 Å². The average molecular weight is 452 g/mol. The number of ether oxygens (including phenoxy) is 2. The molecule has 168 valence electrons. The normalized spacial score (nSPS) is 12.1. The van der Waals surface area contributed by atoms with Crippen LogP contribution >= 0.6 is 0 Å². The van der Waals surface area contributed by atoms with E-state index in [1.54, 1.807) is 30.3 Å². The van der Waals surface area contributed by atoms with Crippen LogP contribution < -0.4 is 20.9 Å². The predicted octanol–water partition coefficient (Wildman–Crippen LogP) is 1.91. The molecule has 0 aliphatic rings. The van der Waals surface area contributed by atoms with Gasteiger partial charge in [0.05, 0.1) is 11.3 Å². The Balaban J connectivity index is 2.49. The van der Waals surface area contributed by atoms with Crippen LogP contribution in [0.4, 0.5) is 5.69 Å². The van der Waals surface area contributed by atoms with Gasteiger partial charge < -0.3 is 25.6 Å². The molecule has 0 spiro atoms. The number of para-hydroxylation sites is 1. The molecule has 0 aliphatic carbocycles. The van der Waals surface area contributed by atoms with Crippen molar-refractivity contribution in [3.05, 3.63) is 48.0 Å². The number of esters is 1. The zero-order valence-corrected chi connectivity index (χ0v) is 17.7. The Kier molecular flexibility index (Phi) is 8.37. The number of carboxylic acids is 1. The fourth-order valence-corrected chi connectivity index (χ4v) is 3.20. The van der Waals surface area contributed by atoms with Crippen LogP contribution in [0.1, 0.15) is 30.1 Å². The van der Waals surface area contributed by atoms with Crippen molar-refractivity contribution in [2.75, 3.05) is 18.5 Å². The van der Waals surface area contributed by atoms with Gasteiger partial charge in [0, 0.05) is 6.54 Å². The van der Waals surface area contributed by atoms with Crippen LogP contribution in [0.5, 0.6) is 11.5 Å². The lowest BCUT2D eigenvalue weighted by molar-refractivity contribution is -0.139. The fraction of sp³-hybridized carbons (Fsp3) is 0.300. The minimum Gasteiger partial charge on any atom is -0.480 e. The summed E-state index contributed by atoms with van der Waals surface area (Å²) >= 11 is 0. The molecule has 2 aromatic rings. The highest BCUT2D eigenvalue weighted by Crippen LogP contribution is 2.37. The monoisotopic (exact) mass is 451 g/mol. The third kappa shape index (κ3) is 6.95. The van der Waals surface area contributed by atoms with Crippen LogP contribution in [0.15, 0.2) is 47.4 Å². The topological polar surface area (TPSA) is 171 Å². The number of carbonyl (C=O) groups is 2. The molecular weight excluding hydrogens is 426 g/mol. The standard InChI is InChI=1S/C20H25N3O7S/c1-2-3-9-23-16-10-13(20(26)29-12-15(21)19(24)25)11-17(31(22,27)28)18(16)30-14-7-5-4-6-8-14/h4-8,10-11,15,23H,2-3,9,12,21H2,1H3,(H,24,25)(H2,22,27,28)/t15-/m0/s1. The Morgan fingerprint density at radius 3 is 2.45 bits per heavy atom. The maximum atomic E-state index is 12.4. The van der Waals surface area contributed by atoms with Gasteiger partial charge in [-0.05, 0) is 30.7 Å². The Bertz CT molecular complexity index is 1030. The number of anilines is 1. The predicted molar refractivity (Wildman–Crippen MR) is 114 cm³/mol. The summed E-state index contributed by atoms with van der Waals surface area (Å²) in [6.07, 6.45) is 1.65. The quantitative estimate of drug-likeness (QED) is 0.294. The number of sulfonamides is 1. The molecule has 0 fully saturated rings. The van der Waals surface area contributed by atoms with Gasteiger partial charge in [0.1, 0.15) is 23.3 Å². The summed E-state index contributed by atoms with van der Waals surface area (Å²) in [5, 5.41) is 17.3. The van der Waals surface area contributed by atoms with Crippen molar-refractivity contribution in [1.82, 2.24) is 0 Å². The van der Waals surface area contributed by atoms with E-state index >= 15 is 0 Å². The first-order chi connectivity index (χ1) is 14.6. The second-order valence-electron chi connectivity index (χ2n) is 6.63. The first-order valence-corrected chi connectivity index (χ1v) is 11.0. The SMILES string of the molecule is CCCCNc1cc(C(=O)OC[C@H](N)C(=O)O)cc(S(N)(=O)=O)c1Oc1ccccc1. The van der Waals surface area contributed by atoms with E-state index in [0.29, 0.717) is 12.3 Å². The second kappa shape index (κ2) is 10.8. The summed E-state index contributed by atoms with van der Waals surface area (Å²) in [5.74, 6) is -1.99. The lowest BCUT2D eigenvalue weighted by Crippen LogP contribution is -2.35. The van der Waals surface area contributed by atoms with Crippen LogP contribution in [0.3, 0.4) is 0 Å². The van der Waals surface area contributed by atoms with E-state index in [1.807, 2.05) is 6.92 Å². The summed E-state index contributed by atoms with van der Waals surface area (Å²) in [7, 11) is -4.30. The Labute approximate surface area is 180 Å². The van der Waals surface area contributed by atoms with E-state index < -0.39 is 39.5 Å². The van der Waals surface area contributed by atoms with Crippen molar-refractivity contribution < 1.29 is 32.6 Å². The van der Waals surface area contributed by atoms with Crippen molar-refractivity contribution in [1.29, 1.82) is 0 Å². The minimum atomic E-state index is -4.30. The third-order valence-electron chi connectivity index (χ3n) is 4.12. The van der Waals surface area contributed by atoms with Gasteiger partial charge in [0.15, 0.2) is 5.75 Å². The summed E-state index contributed by atoms with van der Waals surface area (Å²) in [6.45, 7) is 1.88. The smallest absolute Gasteiger partial charge is 0.338 e. The number of primary sulfonamides is 1. The van der Waals surface area contributed by atoms with E-state index in [9.17, 15) is 18.0 Å². The lowest BCUT2D eigenvalue weighted by Gasteiger charge is -2.18. The molecule has 0 radical (unpaired) electrons. The van der Waals surface area contributed by atoms with Crippen LogP contribution in [-0.2, 0) is 19.6 Å².